The van der Waals surface area contributed by atoms with E-state index in [9.17, 15) is 21.6 Å². The molecule has 2 aromatic carbocycles. The molecule has 0 amide bonds. The lowest BCUT2D eigenvalue weighted by Crippen LogP contribution is -2.15. The predicted molar refractivity (Wildman–Crippen MR) is 110 cm³/mol. The van der Waals surface area contributed by atoms with Crippen molar-refractivity contribution >= 4 is 27.5 Å². The molecule has 0 aliphatic heterocycles. The molecule has 0 saturated heterocycles. The zero-order valence-electron chi connectivity index (χ0n) is 15.8. The van der Waals surface area contributed by atoms with E-state index in [1.807, 2.05) is 6.92 Å². The first-order valence-electron chi connectivity index (χ1n) is 8.91. The standard InChI is InChI=1S/C19H23F3N2O3S2/c1-2-3-9-24-16-10-14(12-28-13-19(20,21)22)11-17(29(23,25)26)18(16)27-15-7-5-4-6-8-15/h4-8,10-11,24H,2-3,9,12-13H2,1H3,(H2,23,25,26). The highest BCUT2D eigenvalue weighted by atomic mass is 32.2. The van der Waals surface area contributed by atoms with Crippen molar-refractivity contribution in [2.24, 2.45) is 5.14 Å². The minimum Gasteiger partial charge on any atom is -0.454 e. The molecule has 2 aromatic rings. The third-order valence-electron chi connectivity index (χ3n) is 3.76. The number of anilines is 1. The largest absolute Gasteiger partial charge is 0.454 e. The van der Waals surface area contributed by atoms with Gasteiger partial charge in [-0.2, -0.15) is 13.2 Å². The number of halogens is 3. The topological polar surface area (TPSA) is 81.4 Å². The third kappa shape index (κ3) is 7.79. The Morgan fingerprint density at radius 2 is 1.86 bits per heavy atom. The number of primary sulfonamides is 1. The third-order valence-corrected chi connectivity index (χ3v) is 5.75. The van der Waals surface area contributed by atoms with Gasteiger partial charge in [0.25, 0.3) is 0 Å². The van der Waals surface area contributed by atoms with E-state index < -0.39 is 22.0 Å². The maximum Gasteiger partial charge on any atom is 0.397 e. The van der Waals surface area contributed by atoms with Crippen LogP contribution in [0.2, 0.25) is 0 Å². The molecule has 0 aromatic heterocycles. The van der Waals surface area contributed by atoms with Crippen molar-refractivity contribution in [1.29, 1.82) is 0 Å². The van der Waals surface area contributed by atoms with Crippen molar-refractivity contribution in [3.8, 4) is 11.5 Å². The van der Waals surface area contributed by atoms with Gasteiger partial charge in [-0.1, -0.05) is 31.5 Å². The van der Waals surface area contributed by atoms with Gasteiger partial charge in [0, 0.05) is 12.3 Å². The van der Waals surface area contributed by atoms with Gasteiger partial charge in [0.15, 0.2) is 5.75 Å². The lowest BCUT2D eigenvalue weighted by atomic mass is 10.2. The van der Waals surface area contributed by atoms with Crippen molar-refractivity contribution in [1.82, 2.24) is 0 Å². The Kier molecular flexibility index (Phi) is 8.23. The molecule has 29 heavy (non-hydrogen) atoms. The fraction of sp³-hybridized carbons (Fsp3) is 0.368. The van der Waals surface area contributed by atoms with E-state index in [1.54, 1.807) is 36.4 Å². The molecular weight excluding hydrogens is 425 g/mol. The van der Waals surface area contributed by atoms with Crippen molar-refractivity contribution < 1.29 is 26.3 Å². The average Bonchev–Trinajstić information content (AvgIpc) is 2.62. The van der Waals surface area contributed by atoms with Crippen LogP contribution in [-0.4, -0.2) is 26.9 Å². The fourth-order valence-corrected chi connectivity index (χ4v) is 3.94. The second kappa shape index (κ2) is 10.2. The van der Waals surface area contributed by atoms with E-state index in [-0.39, 0.29) is 16.4 Å². The average molecular weight is 449 g/mol. The number of nitrogens with one attached hydrogen (secondary N) is 1. The molecule has 0 aliphatic carbocycles. The highest BCUT2D eigenvalue weighted by Crippen LogP contribution is 2.38. The van der Waals surface area contributed by atoms with Gasteiger partial charge in [0.05, 0.1) is 11.4 Å². The molecule has 0 unspecified atom stereocenters. The quantitative estimate of drug-likeness (QED) is 0.492. The molecule has 5 nitrogen and oxygen atoms in total. The van der Waals surface area contributed by atoms with Crippen LogP contribution in [0.15, 0.2) is 47.4 Å². The molecule has 0 radical (unpaired) electrons. The van der Waals surface area contributed by atoms with Crippen LogP contribution in [0.5, 0.6) is 11.5 Å². The van der Waals surface area contributed by atoms with Gasteiger partial charge in [-0.15, -0.1) is 11.8 Å². The molecule has 0 heterocycles. The second-order valence-corrected chi connectivity index (χ2v) is 8.83. The van der Waals surface area contributed by atoms with Crippen molar-refractivity contribution in [3.05, 3.63) is 48.0 Å². The fourth-order valence-electron chi connectivity index (χ4n) is 2.48. The predicted octanol–water partition coefficient (Wildman–Crippen LogP) is 5.13. The van der Waals surface area contributed by atoms with E-state index in [0.29, 0.717) is 35.3 Å². The van der Waals surface area contributed by atoms with Gasteiger partial charge in [0.2, 0.25) is 10.0 Å². The van der Waals surface area contributed by atoms with Crippen LogP contribution in [0.3, 0.4) is 0 Å². The number of ether oxygens (including phenoxy) is 1. The Bertz CT molecular complexity index is 905. The van der Waals surface area contributed by atoms with Crippen LogP contribution < -0.4 is 15.2 Å². The number of rotatable bonds is 10. The maximum atomic E-state index is 12.4. The van der Waals surface area contributed by atoms with Gasteiger partial charge in [-0.25, -0.2) is 13.6 Å². The molecule has 0 saturated carbocycles. The number of alkyl halides is 3. The highest BCUT2D eigenvalue weighted by molar-refractivity contribution is 7.98. The molecule has 160 valence electrons. The second-order valence-electron chi connectivity index (χ2n) is 6.32. The summed E-state index contributed by atoms with van der Waals surface area (Å²) in [6.07, 6.45) is -2.57. The van der Waals surface area contributed by atoms with E-state index in [4.69, 9.17) is 9.88 Å². The number of thioether (sulfide) groups is 1. The first-order chi connectivity index (χ1) is 13.6. The minimum absolute atomic E-state index is 0.0178. The molecule has 2 rings (SSSR count). The number of unbranched alkanes of at least 4 members (excludes halogenated alkanes) is 1. The highest BCUT2D eigenvalue weighted by Gasteiger charge is 2.27. The normalized spacial score (nSPS) is 12.0. The molecule has 10 heteroatoms. The van der Waals surface area contributed by atoms with Gasteiger partial charge in [0.1, 0.15) is 10.6 Å². The number of hydrogen-bond acceptors (Lipinski definition) is 5. The summed E-state index contributed by atoms with van der Waals surface area (Å²) < 4.78 is 67.5. The monoisotopic (exact) mass is 448 g/mol. The zero-order valence-corrected chi connectivity index (χ0v) is 17.5. The van der Waals surface area contributed by atoms with E-state index in [0.717, 1.165) is 12.8 Å². The van der Waals surface area contributed by atoms with Crippen molar-refractivity contribution in [2.75, 3.05) is 17.6 Å². The van der Waals surface area contributed by atoms with Crippen LogP contribution in [-0.2, 0) is 15.8 Å². The minimum atomic E-state index is -4.30. The first-order valence-corrected chi connectivity index (χ1v) is 11.6. The van der Waals surface area contributed by atoms with Crippen molar-refractivity contribution in [3.63, 3.8) is 0 Å². The number of nitrogens with two attached hydrogens (primary N) is 1. The van der Waals surface area contributed by atoms with Crippen LogP contribution in [0.25, 0.3) is 0 Å². The number of para-hydroxylation sites is 1. The molecular formula is C19H23F3N2O3S2. The summed E-state index contributed by atoms with van der Waals surface area (Å²) in [6, 6.07) is 11.4. The Balaban J connectivity index is 2.44. The Morgan fingerprint density at radius 3 is 2.45 bits per heavy atom. The van der Waals surface area contributed by atoms with Crippen LogP contribution in [0, 0.1) is 0 Å². The smallest absolute Gasteiger partial charge is 0.397 e. The molecule has 0 fully saturated rings. The summed E-state index contributed by atoms with van der Waals surface area (Å²) in [4.78, 5) is -0.273. The lowest BCUT2D eigenvalue weighted by molar-refractivity contribution is -0.105. The van der Waals surface area contributed by atoms with Gasteiger partial charge in [-0.05, 0) is 36.2 Å². The lowest BCUT2D eigenvalue weighted by Gasteiger charge is -2.18. The SMILES string of the molecule is CCCCNc1cc(CSCC(F)(F)F)cc(S(N)(=O)=O)c1Oc1ccccc1. The Labute approximate surface area is 172 Å². The summed E-state index contributed by atoms with van der Waals surface area (Å²) in [5, 5.41) is 8.50. The summed E-state index contributed by atoms with van der Waals surface area (Å²) >= 11 is 0.650. The molecule has 0 spiro atoms. The first kappa shape index (κ1) is 23.4. The van der Waals surface area contributed by atoms with Crippen LogP contribution >= 0.6 is 11.8 Å². The summed E-state index contributed by atoms with van der Waals surface area (Å²) in [5.41, 5.74) is 0.777. The van der Waals surface area contributed by atoms with E-state index >= 15 is 0 Å². The number of hydrogen-bond donors (Lipinski definition) is 2. The zero-order chi connectivity index (χ0) is 21.5. The Morgan fingerprint density at radius 1 is 1.17 bits per heavy atom. The molecule has 0 bridgehead atoms. The summed E-state index contributed by atoms with van der Waals surface area (Å²) in [5.74, 6) is -0.608. The number of benzene rings is 2. The molecule has 0 aliphatic rings. The summed E-state index contributed by atoms with van der Waals surface area (Å²) in [7, 11) is -4.18. The van der Waals surface area contributed by atoms with E-state index in [1.165, 1.54) is 6.07 Å². The van der Waals surface area contributed by atoms with Crippen LogP contribution in [0.1, 0.15) is 25.3 Å². The summed E-state index contributed by atoms with van der Waals surface area (Å²) in [6.45, 7) is 2.55. The number of sulfonamides is 1. The van der Waals surface area contributed by atoms with Gasteiger partial charge in [-0.3, -0.25) is 0 Å². The van der Waals surface area contributed by atoms with Crippen molar-refractivity contribution in [2.45, 2.75) is 36.6 Å². The van der Waals surface area contributed by atoms with Crippen LogP contribution in [0.4, 0.5) is 18.9 Å². The van der Waals surface area contributed by atoms with Gasteiger partial charge >= 0.3 is 6.18 Å². The van der Waals surface area contributed by atoms with Gasteiger partial charge < -0.3 is 10.1 Å². The molecule has 3 N–H and O–H groups in total. The molecule has 0 atom stereocenters. The Hall–Kier alpha value is -1.91. The van der Waals surface area contributed by atoms with E-state index in [2.05, 4.69) is 5.32 Å². The maximum absolute atomic E-state index is 12.4.